The predicted molar refractivity (Wildman–Crippen MR) is 67.5 cm³/mol. The lowest BCUT2D eigenvalue weighted by Gasteiger charge is -2.40. The summed E-state index contributed by atoms with van der Waals surface area (Å²) in [5, 5.41) is 11.6. The van der Waals surface area contributed by atoms with Gasteiger partial charge in [0.15, 0.2) is 0 Å². The molecule has 1 aliphatic rings. The van der Waals surface area contributed by atoms with Crippen molar-refractivity contribution in [3.63, 3.8) is 0 Å². The van der Waals surface area contributed by atoms with Crippen molar-refractivity contribution in [1.29, 1.82) is 0 Å². The number of furan rings is 1. The van der Waals surface area contributed by atoms with Crippen LogP contribution in [0.4, 0.5) is 4.79 Å². The molecule has 0 saturated carbocycles. The molecule has 104 valence electrons. The first-order valence-electron chi connectivity index (χ1n) is 6.28. The van der Waals surface area contributed by atoms with Crippen LogP contribution in [-0.2, 0) is 11.3 Å². The maximum atomic E-state index is 11.8. The molecule has 1 unspecified atom stereocenters. The number of nitrogens with zero attached hydrogens (tertiary/aromatic N) is 1. The van der Waals surface area contributed by atoms with Gasteiger partial charge in [-0.25, -0.2) is 4.79 Å². The molecule has 1 aromatic heterocycles. The van der Waals surface area contributed by atoms with E-state index in [-0.39, 0.29) is 11.9 Å². The molecule has 1 fully saturated rings. The lowest BCUT2D eigenvalue weighted by Crippen LogP contribution is -2.56. The van der Waals surface area contributed by atoms with Crippen LogP contribution >= 0.6 is 0 Å². The van der Waals surface area contributed by atoms with Crippen LogP contribution in [0.25, 0.3) is 0 Å². The van der Waals surface area contributed by atoms with E-state index in [0.29, 0.717) is 25.4 Å². The second-order valence-corrected chi connectivity index (χ2v) is 4.96. The summed E-state index contributed by atoms with van der Waals surface area (Å²) in [7, 11) is 0. The highest BCUT2D eigenvalue weighted by Gasteiger charge is 2.37. The third-order valence-corrected chi connectivity index (χ3v) is 3.50. The van der Waals surface area contributed by atoms with Gasteiger partial charge in [0.25, 0.3) is 0 Å². The molecule has 2 amide bonds. The summed E-state index contributed by atoms with van der Waals surface area (Å²) >= 11 is 0. The van der Waals surface area contributed by atoms with E-state index < -0.39 is 11.9 Å². The standard InChI is InChI=1S/C13H18N2O4/c1-8-3-4-11(19-8)5-14-13(18)15-6-10(7-15)9(2)12(16)17/h3-4,9-10H,5-7H2,1-2H3,(H,14,18)(H,16,17). The molecule has 0 bridgehead atoms. The molecule has 1 saturated heterocycles. The first-order valence-corrected chi connectivity index (χ1v) is 6.28. The molecule has 0 spiro atoms. The molecule has 2 rings (SSSR count). The van der Waals surface area contributed by atoms with Crippen LogP contribution in [0.5, 0.6) is 0 Å². The lowest BCUT2D eigenvalue weighted by molar-refractivity contribution is -0.144. The Labute approximate surface area is 111 Å². The number of likely N-dealkylation sites (tertiary alicyclic amines) is 1. The molecule has 2 N–H and O–H groups in total. The Kier molecular flexibility index (Phi) is 3.78. The van der Waals surface area contributed by atoms with Gasteiger partial charge in [0.05, 0.1) is 12.5 Å². The Morgan fingerprint density at radius 2 is 2.21 bits per heavy atom. The maximum absolute atomic E-state index is 11.8. The van der Waals surface area contributed by atoms with Gasteiger partial charge in [-0.1, -0.05) is 6.92 Å². The Hall–Kier alpha value is -1.98. The Balaban J connectivity index is 1.73. The molecule has 6 nitrogen and oxygen atoms in total. The van der Waals surface area contributed by atoms with Crippen LogP contribution in [-0.4, -0.2) is 35.1 Å². The first kappa shape index (κ1) is 13.5. The number of nitrogens with one attached hydrogen (secondary N) is 1. The zero-order chi connectivity index (χ0) is 14.0. The quantitative estimate of drug-likeness (QED) is 0.864. The highest BCUT2D eigenvalue weighted by atomic mass is 16.4. The molecule has 1 atom stereocenters. The van der Waals surface area contributed by atoms with Crippen LogP contribution in [0.2, 0.25) is 0 Å². The molecular weight excluding hydrogens is 248 g/mol. The minimum atomic E-state index is -0.809. The molecule has 2 heterocycles. The second kappa shape index (κ2) is 5.34. The van der Waals surface area contributed by atoms with E-state index in [2.05, 4.69) is 5.32 Å². The first-order chi connectivity index (χ1) is 8.97. The van der Waals surface area contributed by atoms with E-state index >= 15 is 0 Å². The molecule has 6 heteroatoms. The maximum Gasteiger partial charge on any atom is 0.317 e. The van der Waals surface area contributed by atoms with Crippen molar-refractivity contribution in [3.8, 4) is 0 Å². The number of urea groups is 1. The van der Waals surface area contributed by atoms with Crippen LogP contribution < -0.4 is 5.32 Å². The fourth-order valence-corrected chi connectivity index (χ4v) is 2.05. The van der Waals surface area contributed by atoms with Gasteiger partial charge in [-0.3, -0.25) is 4.79 Å². The number of aliphatic carboxylic acids is 1. The number of aryl methyl sites for hydroxylation is 1. The van der Waals surface area contributed by atoms with Crippen molar-refractivity contribution in [2.24, 2.45) is 11.8 Å². The number of hydrogen-bond acceptors (Lipinski definition) is 3. The number of carbonyl (C=O) groups excluding carboxylic acids is 1. The summed E-state index contributed by atoms with van der Waals surface area (Å²) in [6.07, 6.45) is 0. The number of rotatable bonds is 4. The normalized spacial score (nSPS) is 16.8. The monoisotopic (exact) mass is 266 g/mol. The van der Waals surface area contributed by atoms with Gasteiger partial charge >= 0.3 is 12.0 Å². The number of carbonyl (C=O) groups is 2. The van der Waals surface area contributed by atoms with E-state index in [0.717, 1.165) is 5.76 Å². The SMILES string of the molecule is Cc1ccc(CNC(=O)N2CC(C(C)C(=O)O)C2)o1. The minimum Gasteiger partial charge on any atom is -0.481 e. The summed E-state index contributed by atoms with van der Waals surface area (Å²) in [5.74, 6) is 0.354. The van der Waals surface area contributed by atoms with Crippen molar-refractivity contribution >= 4 is 12.0 Å². The topological polar surface area (TPSA) is 82.8 Å². The fraction of sp³-hybridized carbons (Fsp3) is 0.538. The van der Waals surface area contributed by atoms with Gasteiger partial charge in [0.1, 0.15) is 11.5 Å². The smallest absolute Gasteiger partial charge is 0.317 e. The third kappa shape index (κ3) is 3.07. The largest absolute Gasteiger partial charge is 0.481 e. The van der Waals surface area contributed by atoms with Crippen molar-refractivity contribution in [3.05, 3.63) is 23.7 Å². The molecule has 1 aromatic rings. The Morgan fingerprint density at radius 1 is 1.53 bits per heavy atom. The lowest BCUT2D eigenvalue weighted by atomic mass is 9.87. The van der Waals surface area contributed by atoms with Gasteiger partial charge in [-0.15, -0.1) is 0 Å². The average Bonchev–Trinajstić information content (AvgIpc) is 2.70. The van der Waals surface area contributed by atoms with Crippen molar-refractivity contribution in [2.75, 3.05) is 13.1 Å². The predicted octanol–water partition coefficient (Wildman–Crippen LogP) is 1.45. The van der Waals surface area contributed by atoms with Crippen molar-refractivity contribution in [1.82, 2.24) is 10.2 Å². The van der Waals surface area contributed by atoms with E-state index in [1.54, 1.807) is 11.8 Å². The van der Waals surface area contributed by atoms with E-state index in [9.17, 15) is 9.59 Å². The van der Waals surface area contributed by atoms with Gasteiger partial charge in [0.2, 0.25) is 0 Å². The van der Waals surface area contributed by atoms with Gasteiger partial charge in [-0.05, 0) is 19.1 Å². The van der Waals surface area contributed by atoms with E-state index in [1.165, 1.54) is 0 Å². The van der Waals surface area contributed by atoms with Gasteiger partial charge in [0, 0.05) is 19.0 Å². The summed E-state index contributed by atoms with van der Waals surface area (Å²) in [6, 6.07) is 3.49. The van der Waals surface area contributed by atoms with Crippen molar-refractivity contribution in [2.45, 2.75) is 20.4 Å². The van der Waals surface area contributed by atoms with Gasteiger partial charge < -0.3 is 19.7 Å². The molecule has 0 aromatic carbocycles. The minimum absolute atomic E-state index is 0.0501. The summed E-state index contributed by atoms with van der Waals surface area (Å²) in [5.41, 5.74) is 0. The number of amides is 2. The van der Waals surface area contributed by atoms with Crippen LogP contribution in [0.15, 0.2) is 16.5 Å². The molecule has 0 aliphatic carbocycles. The summed E-state index contributed by atoms with van der Waals surface area (Å²) in [6.45, 7) is 4.86. The Bertz CT molecular complexity index is 477. The molecule has 0 radical (unpaired) electrons. The van der Waals surface area contributed by atoms with Crippen LogP contribution in [0.1, 0.15) is 18.4 Å². The molecule has 1 aliphatic heterocycles. The summed E-state index contributed by atoms with van der Waals surface area (Å²) in [4.78, 5) is 24.2. The second-order valence-electron chi connectivity index (χ2n) is 4.96. The fourth-order valence-electron chi connectivity index (χ4n) is 2.05. The van der Waals surface area contributed by atoms with Crippen molar-refractivity contribution < 1.29 is 19.1 Å². The number of carboxylic acids is 1. The number of hydrogen-bond donors (Lipinski definition) is 2. The van der Waals surface area contributed by atoms with Crippen LogP contribution in [0, 0.1) is 18.8 Å². The zero-order valence-electron chi connectivity index (χ0n) is 11.0. The third-order valence-electron chi connectivity index (χ3n) is 3.50. The van der Waals surface area contributed by atoms with E-state index in [4.69, 9.17) is 9.52 Å². The van der Waals surface area contributed by atoms with Gasteiger partial charge in [-0.2, -0.15) is 0 Å². The highest BCUT2D eigenvalue weighted by molar-refractivity contribution is 5.76. The van der Waals surface area contributed by atoms with E-state index in [1.807, 2.05) is 19.1 Å². The Morgan fingerprint density at radius 3 is 2.74 bits per heavy atom. The average molecular weight is 266 g/mol. The molecule has 19 heavy (non-hydrogen) atoms. The highest BCUT2D eigenvalue weighted by Crippen LogP contribution is 2.23. The zero-order valence-corrected chi connectivity index (χ0v) is 11.0. The molecular formula is C13H18N2O4. The number of carboxylic acid groups (broad SMARTS) is 1. The van der Waals surface area contributed by atoms with Crippen LogP contribution in [0.3, 0.4) is 0 Å². The summed E-state index contributed by atoms with van der Waals surface area (Å²) < 4.78 is 5.35.